The summed E-state index contributed by atoms with van der Waals surface area (Å²) in [5, 5.41) is 3.63. The second-order valence-corrected chi connectivity index (χ2v) is 5.84. The third-order valence-electron chi connectivity index (χ3n) is 4.38. The highest BCUT2D eigenvalue weighted by molar-refractivity contribution is 5.62. The molecule has 1 atom stereocenters. The van der Waals surface area contributed by atoms with E-state index in [9.17, 15) is 0 Å². The van der Waals surface area contributed by atoms with Crippen LogP contribution in [0.5, 0.6) is 11.5 Å². The van der Waals surface area contributed by atoms with Gasteiger partial charge in [0.05, 0.1) is 14.2 Å². The van der Waals surface area contributed by atoms with Crippen LogP contribution in [0.15, 0.2) is 48.2 Å². The fourth-order valence-electron chi connectivity index (χ4n) is 3.06. The van der Waals surface area contributed by atoms with Gasteiger partial charge in [0.2, 0.25) is 0 Å². The molecule has 0 radical (unpaired) electrons. The Bertz CT molecular complexity index is 704. The van der Waals surface area contributed by atoms with Crippen molar-refractivity contribution in [2.24, 2.45) is 0 Å². The summed E-state index contributed by atoms with van der Waals surface area (Å²) >= 11 is 0. The van der Waals surface area contributed by atoms with Crippen LogP contribution in [0, 0.1) is 0 Å². The molecule has 0 fully saturated rings. The van der Waals surface area contributed by atoms with Crippen molar-refractivity contribution in [1.29, 1.82) is 0 Å². The number of methoxy groups -OCH3 is 2. The van der Waals surface area contributed by atoms with E-state index in [-0.39, 0.29) is 6.04 Å². The smallest absolute Gasteiger partial charge is 0.122 e. The van der Waals surface area contributed by atoms with E-state index in [1.807, 2.05) is 24.3 Å². The Morgan fingerprint density at radius 1 is 0.957 bits per heavy atom. The third kappa shape index (κ3) is 3.34. The van der Waals surface area contributed by atoms with Crippen molar-refractivity contribution in [2.75, 3.05) is 14.2 Å². The zero-order chi connectivity index (χ0) is 16.2. The molecule has 0 saturated heterocycles. The van der Waals surface area contributed by atoms with Gasteiger partial charge in [0, 0.05) is 17.3 Å². The van der Waals surface area contributed by atoms with Gasteiger partial charge < -0.3 is 14.8 Å². The van der Waals surface area contributed by atoms with Crippen molar-refractivity contribution in [3.63, 3.8) is 0 Å². The lowest BCUT2D eigenvalue weighted by Gasteiger charge is -2.23. The van der Waals surface area contributed by atoms with Gasteiger partial charge >= 0.3 is 0 Å². The van der Waals surface area contributed by atoms with Crippen LogP contribution >= 0.6 is 0 Å². The van der Waals surface area contributed by atoms with Gasteiger partial charge in [-0.1, -0.05) is 24.3 Å². The van der Waals surface area contributed by atoms with E-state index in [1.54, 1.807) is 14.2 Å². The second-order valence-electron chi connectivity index (χ2n) is 5.84. The first-order chi connectivity index (χ1) is 11.2. The number of benzene rings is 2. The maximum atomic E-state index is 5.46. The molecule has 120 valence electrons. The van der Waals surface area contributed by atoms with Crippen molar-refractivity contribution < 1.29 is 9.47 Å². The van der Waals surface area contributed by atoms with Crippen molar-refractivity contribution in [1.82, 2.24) is 5.32 Å². The first kappa shape index (κ1) is 15.5. The summed E-state index contributed by atoms with van der Waals surface area (Å²) < 4.78 is 10.7. The van der Waals surface area contributed by atoms with Crippen molar-refractivity contribution in [3.05, 3.63) is 64.9 Å². The summed E-state index contributed by atoms with van der Waals surface area (Å²) in [5.74, 6) is 1.87. The largest absolute Gasteiger partial charge is 0.497 e. The fourth-order valence-corrected chi connectivity index (χ4v) is 3.06. The predicted octanol–water partition coefficient (Wildman–Crippen LogP) is 4.34. The molecule has 0 bridgehead atoms. The van der Waals surface area contributed by atoms with Crippen LogP contribution in [0.25, 0.3) is 6.08 Å². The number of hydrogen-bond acceptors (Lipinski definition) is 3. The SMILES string of the molecule is COc1ccc([C@@H](C)NC2=Cc3cccc(OC)c3CC2)cc1. The summed E-state index contributed by atoms with van der Waals surface area (Å²) in [4.78, 5) is 0. The van der Waals surface area contributed by atoms with E-state index in [1.165, 1.54) is 22.4 Å². The predicted molar refractivity (Wildman–Crippen MR) is 93.8 cm³/mol. The van der Waals surface area contributed by atoms with Gasteiger partial charge in [-0.2, -0.15) is 0 Å². The monoisotopic (exact) mass is 309 g/mol. The highest BCUT2D eigenvalue weighted by Gasteiger charge is 2.16. The molecule has 2 aromatic rings. The Morgan fingerprint density at radius 3 is 2.43 bits per heavy atom. The van der Waals surface area contributed by atoms with Gasteiger partial charge in [0.1, 0.15) is 11.5 Å². The van der Waals surface area contributed by atoms with Crippen LogP contribution in [-0.4, -0.2) is 14.2 Å². The highest BCUT2D eigenvalue weighted by Crippen LogP contribution is 2.31. The van der Waals surface area contributed by atoms with Crippen molar-refractivity contribution in [3.8, 4) is 11.5 Å². The van der Waals surface area contributed by atoms with E-state index in [0.29, 0.717) is 0 Å². The van der Waals surface area contributed by atoms with Gasteiger partial charge in [-0.05, 0) is 55.2 Å². The quantitative estimate of drug-likeness (QED) is 0.891. The van der Waals surface area contributed by atoms with Gasteiger partial charge in [-0.25, -0.2) is 0 Å². The molecule has 3 rings (SSSR count). The summed E-state index contributed by atoms with van der Waals surface area (Å²) in [5.41, 5.74) is 5.08. The average Bonchev–Trinajstić information content (AvgIpc) is 2.61. The molecule has 0 heterocycles. The standard InChI is InChI=1S/C20H23NO2/c1-14(15-7-10-18(22-2)11-8-15)21-17-9-12-19-16(13-17)5-4-6-20(19)23-3/h4-8,10-11,13-14,21H,9,12H2,1-3H3/t14-/m1/s1. The van der Waals surface area contributed by atoms with Gasteiger partial charge in [-0.15, -0.1) is 0 Å². The normalized spacial score (nSPS) is 14.5. The molecule has 0 spiro atoms. The Hall–Kier alpha value is -2.42. The van der Waals surface area contributed by atoms with Gasteiger partial charge in [0.25, 0.3) is 0 Å². The molecular weight excluding hydrogens is 286 g/mol. The lowest BCUT2D eigenvalue weighted by atomic mass is 9.94. The topological polar surface area (TPSA) is 30.5 Å². The Kier molecular flexibility index (Phi) is 4.56. The van der Waals surface area contributed by atoms with Crippen LogP contribution < -0.4 is 14.8 Å². The van der Waals surface area contributed by atoms with E-state index in [4.69, 9.17) is 9.47 Å². The minimum Gasteiger partial charge on any atom is -0.497 e. The molecule has 3 heteroatoms. The third-order valence-corrected chi connectivity index (χ3v) is 4.38. The number of fused-ring (bicyclic) bond motifs is 1. The molecule has 0 aliphatic heterocycles. The molecular formula is C20H23NO2. The maximum absolute atomic E-state index is 5.46. The fraction of sp³-hybridized carbons (Fsp3) is 0.300. The Balaban J connectivity index is 1.76. The van der Waals surface area contributed by atoms with E-state index in [0.717, 1.165) is 24.3 Å². The summed E-state index contributed by atoms with van der Waals surface area (Å²) in [6.07, 6.45) is 4.25. The van der Waals surface area contributed by atoms with Crippen molar-refractivity contribution >= 4 is 6.08 Å². The Morgan fingerprint density at radius 2 is 1.74 bits per heavy atom. The molecule has 0 unspecified atom stereocenters. The highest BCUT2D eigenvalue weighted by atomic mass is 16.5. The molecule has 0 saturated carbocycles. The average molecular weight is 309 g/mol. The minimum absolute atomic E-state index is 0.263. The first-order valence-electron chi connectivity index (χ1n) is 7.98. The Labute approximate surface area is 137 Å². The van der Waals surface area contributed by atoms with E-state index >= 15 is 0 Å². The number of rotatable bonds is 5. The van der Waals surface area contributed by atoms with Gasteiger partial charge in [0.15, 0.2) is 0 Å². The molecule has 1 aliphatic rings. The van der Waals surface area contributed by atoms with Crippen LogP contribution in [0.3, 0.4) is 0 Å². The molecule has 2 aromatic carbocycles. The zero-order valence-corrected chi connectivity index (χ0v) is 13.9. The van der Waals surface area contributed by atoms with E-state index in [2.05, 4.69) is 36.5 Å². The number of nitrogens with one attached hydrogen (secondary N) is 1. The number of ether oxygens (including phenoxy) is 2. The molecule has 1 aliphatic carbocycles. The molecule has 0 amide bonds. The van der Waals surface area contributed by atoms with Gasteiger partial charge in [-0.3, -0.25) is 0 Å². The second kappa shape index (κ2) is 6.78. The lowest BCUT2D eigenvalue weighted by Crippen LogP contribution is -2.20. The summed E-state index contributed by atoms with van der Waals surface area (Å²) in [7, 11) is 3.42. The first-order valence-corrected chi connectivity index (χ1v) is 7.98. The maximum Gasteiger partial charge on any atom is 0.122 e. The number of allylic oxidation sites excluding steroid dienone is 1. The summed E-state index contributed by atoms with van der Waals surface area (Å²) in [6, 6.07) is 14.7. The van der Waals surface area contributed by atoms with Crippen LogP contribution in [-0.2, 0) is 6.42 Å². The zero-order valence-electron chi connectivity index (χ0n) is 13.9. The molecule has 0 aromatic heterocycles. The van der Waals surface area contributed by atoms with Crippen LogP contribution in [0.4, 0.5) is 0 Å². The summed E-state index contributed by atoms with van der Waals surface area (Å²) in [6.45, 7) is 2.18. The molecule has 23 heavy (non-hydrogen) atoms. The van der Waals surface area contributed by atoms with Crippen LogP contribution in [0.2, 0.25) is 0 Å². The molecule has 3 nitrogen and oxygen atoms in total. The van der Waals surface area contributed by atoms with Crippen molar-refractivity contribution in [2.45, 2.75) is 25.8 Å². The van der Waals surface area contributed by atoms with Crippen LogP contribution in [0.1, 0.15) is 36.1 Å². The van der Waals surface area contributed by atoms with E-state index < -0.39 is 0 Å². The lowest BCUT2D eigenvalue weighted by molar-refractivity contribution is 0.409. The minimum atomic E-state index is 0.263. The number of hydrogen-bond donors (Lipinski definition) is 1. The molecule has 1 N–H and O–H groups in total.